The average Bonchev–Trinajstić information content (AvgIpc) is 2.67. The second-order valence-corrected chi connectivity index (χ2v) is 8.32. The lowest BCUT2D eigenvalue weighted by molar-refractivity contribution is -0.125. The average molecular weight is 394 g/mol. The number of nitrogens with one attached hydrogen (secondary N) is 2. The van der Waals surface area contributed by atoms with Gasteiger partial charge in [-0.25, -0.2) is 8.42 Å². The number of benzene rings is 2. The van der Waals surface area contributed by atoms with Crippen molar-refractivity contribution in [1.29, 1.82) is 0 Å². The molecular formula is C18H20ClN3O3S. The van der Waals surface area contributed by atoms with E-state index in [0.717, 1.165) is 5.56 Å². The van der Waals surface area contributed by atoms with Crippen LogP contribution in [0.3, 0.4) is 0 Å². The van der Waals surface area contributed by atoms with Crippen molar-refractivity contribution in [3.8, 4) is 0 Å². The molecule has 6 nitrogen and oxygen atoms in total. The zero-order valence-electron chi connectivity index (χ0n) is 14.1. The van der Waals surface area contributed by atoms with Crippen molar-refractivity contribution in [2.24, 2.45) is 0 Å². The number of piperazine rings is 1. The van der Waals surface area contributed by atoms with Gasteiger partial charge in [0.1, 0.15) is 6.04 Å². The largest absolute Gasteiger partial charge is 0.351 e. The van der Waals surface area contributed by atoms with Crippen LogP contribution in [0.15, 0.2) is 59.5 Å². The summed E-state index contributed by atoms with van der Waals surface area (Å²) in [6.45, 7) is 1.35. The fourth-order valence-electron chi connectivity index (χ4n) is 2.84. The molecule has 0 saturated carbocycles. The summed E-state index contributed by atoms with van der Waals surface area (Å²) in [5.41, 5.74) is 0.955. The second kappa shape index (κ2) is 8.18. The zero-order valence-corrected chi connectivity index (χ0v) is 15.6. The van der Waals surface area contributed by atoms with E-state index in [1.165, 1.54) is 28.6 Å². The second-order valence-electron chi connectivity index (χ2n) is 5.99. The molecule has 1 unspecified atom stereocenters. The maximum atomic E-state index is 13.0. The van der Waals surface area contributed by atoms with Crippen LogP contribution in [0, 0.1) is 0 Å². The SMILES string of the molecule is O=C(NCc1ccccc1)C1CNCCN1S(=O)(=O)c1ccc(Cl)cc1. The van der Waals surface area contributed by atoms with E-state index < -0.39 is 16.1 Å². The first-order chi connectivity index (χ1) is 12.5. The molecule has 0 spiro atoms. The fourth-order valence-corrected chi connectivity index (χ4v) is 4.56. The normalized spacial score (nSPS) is 18.4. The van der Waals surface area contributed by atoms with Crippen LogP contribution in [0.1, 0.15) is 5.56 Å². The molecule has 26 heavy (non-hydrogen) atoms. The third-order valence-electron chi connectivity index (χ3n) is 4.23. The lowest BCUT2D eigenvalue weighted by Gasteiger charge is -2.34. The lowest BCUT2D eigenvalue weighted by Crippen LogP contribution is -2.59. The molecule has 1 heterocycles. The van der Waals surface area contributed by atoms with Crippen molar-refractivity contribution >= 4 is 27.5 Å². The summed E-state index contributed by atoms with van der Waals surface area (Å²) in [6.07, 6.45) is 0. The smallest absolute Gasteiger partial charge is 0.243 e. The topological polar surface area (TPSA) is 78.5 Å². The minimum absolute atomic E-state index is 0.129. The molecule has 1 atom stereocenters. The Kier molecular flexibility index (Phi) is 5.93. The predicted octanol–water partition coefficient (Wildman–Crippen LogP) is 1.62. The maximum absolute atomic E-state index is 13.0. The van der Waals surface area contributed by atoms with Gasteiger partial charge in [0.25, 0.3) is 0 Å². The number of rotatable bonds is 5. The fraction of sp³-hybridized carbons (Fsp3) is 0.278. The molecule has 0 aromatic heterocycles. The molecule has 2 aromatic carbocycles. The molecule has 1 aliphatic rings. The standard InChI is InChI=1S/C18H20ClN3O3S/c19-15-6-8-16(9-7-15)26(24,25)22-11-10-20-13-17(22)18(23)21-12-14-4-2-1-3-5-14/h1-9,17,20H,10-13H2,(H,21,23). The summed E-state index contributed by atoms with van der Waals surface area (Å²) in [6, 6.07) is 14.7. The third kappa shape index (κ3) is 4.24. The number of carbonyl (C=O) groups excluding carboxylic acids is 1. The van der Waals surface area contributed by atoms with E-state index >= 15 is 0 Å². The highest BCUT2D eigenvalue weighted by molar-refractivity contribution is 7.89. The van der Waals surface area contributed by atoms with E-state index in [9.17, 15) is 13.2 Å². The van der Waals surface area contributed by atoms with E-state index in [4.69, 9.17) is 11.6 Å². The predicted molar refractivity (Wildman–Crippen MR) is 100 cm³/mol. The molecule has 0 aliphatic carbocycles. The van der Waals surface area contributed by atoms with Crippen molar-refractivity contribution in [3.05, 3.63) is 65.2 Å². The molecule has 138 valence electrons. The Bertz CT molecular complexity index is 857. The van der Waals surface area contributed by atoms with Crippen molar-refractivity contribution < 1.29 is 13.2 Å². The van der Waals surface area contributed by atoms with Crippen molar-refractivity contribution in [3.63, 3.8) is 0 Å². The van der Waals surface area contributed by atoms with Crippen molar-refractivity contribution in [1.82, 2.24) is 14.9 Å². The first-order valence-electron chi connectivity index (χ1n) is 8.28. The highest BCUT2D eigenvalue weighted by atomic mass is 35.5. The summed E-state index contributed by atoms with van der Waals surface area (Å²) in [4.78, 5) is 12.8. The van der Waals surface area contributed by atoms with E-state index in [1.807, 2.05) is 30.3 Å². The Morgan fingerprint density at radius 1 is 1.15 bits per heavy atom. The van der Waals surface area contributed by atoms with Gasteiger partial charge in [-0.3, -0.25) is 4.79 Å². The van der Waals surface area contributed by atoms with Crippen molar-refractivity contribution in [2.75, 3.05) is 19.6 Å². The molecule has 1 aliphatic heterocycles. The first-order valence-corrected chi connectivity index (χ1v) is 10.1. The van der Waals surface area contributed by atoms with Crippen molar-refractivity contribution in [2.45, 2.75) is 17.5 Å². The number of halogens is 1. The summed E-state index contributed by atoms with van der Waals surface area (Å²) in [5.74, 6) is -0.321. The van der Waals surface area contributed by atoms with Gasteiger partial charge in [-0.2, -0.15) is 4.31 Å². The minimum Gasteiger partial charge on any atom is -0.351 e. The Morgan fingerprint density at radius 3 is 2.54 bits per heavy atom. The number of hydrogen-bond acceptors (Lipinski definition) is 4. The molecule has 1 amide bonds. The van der Waals surface area contributed by atoms with Gasteiger partial charge in [0.05, 0.1) is 4.90 Å². The van der Waals surface area contributed by atoms with Gasteiger partial charge in [0.2, 0.25) is 15.9 Å². The molecule has 2 N–H and O–H groups in total. The summed E-state index contributed by atoms with van der Waals surface area (Å²) in [5, 5.41) is 6.37. The van der Waals surface area contributed by atoms with E-state index in [2.05, 4.69) is 10.6 Å². The Balaban J connectivity index is 1.76. The van der Waals surface area contributed by atoms with Crippen LogP contribution in [0.2, 0.25) is 5.02 Å². The van der Waals surface area contributed by atoms with Gasteiger partial charge >= 0.3 is 0 Å². The van der Waals surface area contributed by atoms with Gasteiger partial charge in [0.15, 0.2) is 0 Å². The third-order valence-corrected chi connectivity index (χ3v) is 6.40. The van der Waals surface area contributed by atoms with Gasteiger partial charge in [-0.1, -0.05) is 41.9 Å². The van der Waals surface area contributed by atoms with Gasteiger partial charge in [-0.15, -0.1) is 0 Å². The number of amides is 1. The molecule has 2 aromatic rings. The van der Waals surface area contributed by atoms with Crippen LogP contribution in [-0.2, 0) is 21.4 Å². The number of hydrogen-bond donors (Lipinski definition) is 2. The van der Waals surface area contributed by atoms with E-state index in [1.54, 1.807) is 0 Å². The monoisotopic (exact) mass is 393 g/mol. The Hall–Kier alpha value is -1.93. The van der Waals surface area contributed by atoms with Crippen LogP contribution in [0.4, 0.5) is 0 Å². The molecular weight excluding hydrogens is 374 g/mol. The highest BCUT2D eigenvalue weighted by Crippen LogP contribution is 2.21. The Morgan fingerprint density at radius 2 is 1.85 bits per heavy atom. The summed E-state index contributed by atoms with van der Waals surface area (Å²) in [7, 11) is -3.78. The molecule has 0 bridgehead atoms. The number of carbonyl (C=O) groups is 1. The van der Waals surface area contributed by atoms with Crippen LogP contribution in [0.25, 0.3) is 0 Å². The molecule has 1 fully saturated rings. The van der Waals surface area contributed by atoms with Gasteiger partial charge in [-0.05, 0) is 29.8 Å². The quantitative estimate of drug-likeness (QED) is 0.809. The summed E-state index contributed by atoms with van der Waals surface area (Å²) < 4.78 is 27.2. The number of nitrogens with zero attached hydrogens (tertiary/aromatic N) is 1. The molecule has 1 saturated heterocycles. The number of sulfonamides is 1. The molecule has 8 heteroatoms. The van der Waals surface area contributed by atoms with E-state index in [-0.39, 0.29) is 23.9 Å². The first kappa shape index (κ1) is 18.8. The lowest BCUT2D eigenvalue weighted by atomic mass is 10.2. The Labute approximate surface area is 158 Å². The van der Waals surface area contributed by atoms with Gasteiger partial charge in [0, 0.05) is 31.2 Å². The van der Waals surface area contributed by atoms with Gasteiger partial charge < -0.3 is 10.6 Å². The van der Waals surface area contributed by atoms with Crippen LogP contribution in [0.5, 0.6) is 0 Å². The molecule has 3 rings (SSSR count). The highest BCUT2D eigenvalue weighted by Gasteiger charge is 2.37. The van der Waals surface area contributed by atoms with E-state index in [0.29, 0.717) is 18.1 Å². The molecule has 0 radical (unpaired) electrons. The zero-order chi connectivity index (χ0) is 18.6. The van der Waals surface area contributed by atoms with Crippen LogP contribution >= 0.6 is 11.6 Å². The van der Waals surface area contributed by atoms with Crippen LogP contribution < -0.4 is 10.6 Å². The maximum Gasteiger partial charge on any atom is 0.243 e. The summed E-state index contributed by atoms with van der Waals surface area (Å²) >= 11 is 5.84. The van der Waals surface area contributed by atoms with Crippen LogP contribution in [-0.4, -0.2) is 44.3 Å². The minimum atomic E-state index is -3.78.